The average Bonchev–Trinajstić information content (AvgIpc) is 3.14. The van der Waals surface area contributed by atoms with Gasteiger partial charge in [0.05, 0.1) is 0 Å². The van der Waals surface area contributed by atoms with Crippen molar-refractivity contribution in [3.05, 3.63) is 100 Å². The van der Waals surface area contributed by atoms with E-state index < -0.39 is 0 Å². The Morgan fingerprint density at radius 2 is 1.91 bits per heavy atom. The Labute approximate surface area is 193 Å². The molecule has 1 saturated heterocycles. The van der Waals surface area contributed by atoms with Crippen LogP contribution in [0.1, 0.15) is 28.8 Å². The van der Waals surface area contributed by atoms with Gasteiger partial charge in [0.1, 0.15) is 5.75 Å². The molecule has 0 radical (unpaired) electrons. The van der Waals surface area contributed by atoms with Crippen molar-refractivity contribution in [2.45, 2.75) is 31.2 Å². The average molecular weight is 443 g/mol. The summed E-state index contributed by atoms with van der Waals surface area (Å²) in [6, 6.07) is 24.9. The maximum Gasteiger partial charge on any atom is 0.115 e. The highest BCUT2D eigenvalue weighted by Gasteiger charge is 2.48. The highest BCUT2D eigenvalue weighted by molar-refractivity contribution is 6.31. The van der Waals surface area contributed by atoms with Gasteiger partial charge < -0.3 is 10.1 Å². The SMILES string of the molecule is Oc1cccc(C23CCN(Cc4ccccc4)CC2Cc2c([nH]c4ccc(Cl)cc24)C3)c1. The number of phenols is 1. The third-order valence-electron chi connectivity index (χ3n) is 7.70. The first kappa shape index (κ1) is 19.9. The van der Waals surface area contributed by atoms with E-state index in [1.165, 1.54) is 33.3 Å². The molecule has 2 heterocycles. The highest BCUT2D eigenvalue weighted by Crippen LogP contribution is 2.49. The summed E-state index contributed by atoms with van der Waals surface area (Å²) < 4.78 is 0. The highest BCUT2D eigenvalue weighted by atomic mass is 35.5. The molecule has 2 N–H and O–H groups in total. The van der Waals surface area contributed by atoms with Crippen molar-refractivity contribution < 1.29 is 5.11 Å². The van der Waals surface area contributed by atoms with Crippen LogP contribution >= 0.6 is 11.6 Å². The number of fused-ring (bicyclic) bond motifs is 4. The van der Waals surface area contributed by atoms with E-state index in [4.69, 9.17) is 11.6 Å². The lowest BCUT2D eigenvalue weighted by atomic mass is 9.58. The zero-order valence-corrected chi connectivity index (χ0v) is 18.8. The Bertz CT molecular complexity index is 1280. The summed E-state index contributed by atoms with van der Waals surface area (Å²) in [5.74, 6) is 0.837. The van der Waals surface area contributed by atoms with Gasteiger partial charge >= 0.3 is 0 Å². The van der Waals surface area contributed by atoms with Crippen LogP contribution in [-0.2, 0) is 24.8 Å². The Morgan fingerprint density at radius 3 is 2.75 bits per heavy atom. The molecule has 4 aromatic rings. The molecule has 1 aliphatic heterocycles. The second-order valence-electron chi connectivity index (χ2n) is 9.53. The van der Waals surface area contributed by atoms with Crippen LogP contribution in [0.25, 0.3) is 10.9 Å². The molecule has 3 nitrogen and oxygen atoms in total. The minimum atomic E-state index is 0.0313. The number of likely N-dealkylation sites (tertiary alicyclic amines) is 1. The number of hydrogen-bond acceptors (Lipinski definition) is 2. The second-order valence-corrected chi connectivity index (χ2v) is 9.96. The lowest BCUT2D eigenvalue weighted by molar-refractivity contribution is 0.0765. The summed E-state index contributed by atoms with van der Waals surface area (Å²) in [6.45, 7) is 3.10. The van der Waals surface area contributed by atoms with Crippen LogP contribution in [0.3, 0.4) is 0 Å². The minimum Gasteiger partial charge on any atom is -0.508 e. The number of benzene rings is 3. The van der Waals surface area contributed by atoms with Gasteiger partial charge in [-0.15, -0.1) is 0 Å². The van der Waals surface area contributed by atoms with Crippen LogP contribution in [0.5, 0.6) is 5.75 Å². The number of aromatic amines is 1. The van der Waals surface area contributed by atoms with Crippen LogP contribution in [0.4, 0.5) is 0 Å². The molecule has 2 unspecified atom stereocenters. The Balaban J connectivity index is 1.41. The monoisotopic (exact) mass is 442 g/mol. The third kappa shape index (κ3) is 3.32. The lowest BCUT2D eigenvalue weighted by Gasteiger charge is -2.51. The third-order valence-corrected chi connectivity index (χ3v) is 7.94. The molecule has 4 heteroatoms. The van der Waals surface area contributed by atoms with Crippen molar-refractivity contribution in [2.75, 3.05) is 13.1 Å². The van der Waals surface area contributed by atoms with E-state index in [9.17, 15) is 5.11 Å². The minimum absolute atomic E-state index is 0.0313. The standard InChI is InChI=1S/C28H27ClN2O/c29-22-9-10-26-25(15-22)24-14-21-18-31(17-19-5-2-1-3-6-19)12-11-28(21,16-27(24)30-26)20-7-4-8-23(32)13-20/h1-10,13,15,21,30,32H,11-12,14,16-18H2. The first-order valence-electron chi connectivity index (χ1n) is 11.5. The Morgan fingerprint density at radius 1 is 1.03 bits per heavy atom. The molecular weight excluding hydrogens is 416 g/mol. The Kier molecular flexibility index (Phi) is 4.78. The summed E-state index contributed by atoms with van der Waals surface area (Å²) in [6.07, 6.45) is 3.09. The predicted octanol–water partition coefficient (Wildman–Crippen LogP) is 6.09. The maximum absolute atomic E-state index is 10.3. The number of rotatable bonds is 3. The topological polar surface area (TPSA) is 39.3 Å². The van der Waals surface area contributed by atoms with E-state index in [0.29, 0.717) is 11.7 Å². The van der Waals surface area contributed by atoms with Gasteiger partial charge in [0.25, 0.3) is 0 Å². The summed E-state index contributed by atoms with van der Waals surface area (Å²) in [5, 5.41) is 12.3. The van der Waals surface area contributed by atoms with Gasteiger partial charge in [-0.05, 0) is 78.7 Å². The van der Waals surface area contributed by atoms with Gasteiger partial charge in [-0.25, -0.2) is 0 Å². The molecule has 6 rings (SSSR count). The van der Waals surface area contributed by atoms with Gasteiger partial charge in [0.15, 0.2) is 0 Å². The van der Waals surface area contributed by atoms with Gasteiger partial charge in [0.2, 0.25) is 0 Å². The summed E-state index contributed by atoms with van der Waals surface area (Å²) in [4.78, 5) is 6.31. The number of hydrogen-bond donors (Lipinski definition) is 2. The summed E-state index contributed by atoms with van der Waals surface area (Å²) in [5.41, 5.74) is 6.59. The number of nitrogens with zero attached hydrogens (tertiary/aromatic N) is 1. The molecular formula is C28H27ClN2O. The van der Waals surface area contributed by atoms with Crippen LogP contribution in [0.15, 0.2) is 72.8 Å². The van der Waals surface area contributed by atoms with Crippen LogP contribution in [0.2, 0.25) is 5.02 Å². The summed E-state index contributed by atoms with van der Waals surface area (Å²) >= 11 is 6.36. The number of H-pyrrole nitrogens is 1. The second kappa shape index (κ2) is 7.68. The smallest absolute Gasteiger partial charge is 0.115 e. The molecule has 0 amide bonds. The first-order valence-corrected chi connectivity index (χ1v) is 11.8. The number of halogens is 1. The largest absolute Gasteiger partial charge is 0.508 e. The van der Waals surface area contributed by atoms with Crippen LogP contribution < -0.4 is 0 Å². The Hall–Kier alpha value is -2.75. The van der Waals surface area contributed by atoms with E-state index in [-0.39, 0.29) is 5.41 Å². The maximum atomic E-state index is 10.3. The van der Waals surface area contributed by atoms with Gasteiger partial charge in [0, 0.05) is 40.1 Å². The molecule has 2 aliphatic rings. The zero-order valence-electron chi connectivity index (χ0n) is 18.0. The molecule has 1 aliphatic carbocycles. The van der Waals surface area contributed by atoms with E-state index in [1.807, 2.05) is 18.2 Å². The normalized spacial score (nSPS) is 23.1. The number of aromatic hydroxyl groups is 1. The molecule has 1 aromatic heterocycles. The molecule has 3 aromatic carbocycles. The van der Waals surface area contributed by atoms with Gasteiger partial charge in [-0.1, -0.05) is 54.1 Å². The van der Waals surface area contributed by atoms with E-state index in [1.54, 1.807) is 6.07 Å². The fraction of sp³-hybridized carbons (Fsp3) is 0.286. The van der Waals surface area contributed by atoms with Crippen molar-refractivity contribution >= 4 is 22.5 Å². The quantitative estimate of drug-likeness (QED) is 0.403. The number of phenolic OH excluding ortho intramolecular Hbond substituents is 1. The zero-order chi connectivity index (χ0) is 21.7. The predicted molar refractivity (Wildman–Crippen MR) is 130 cm³/mol. The fourth-order valence-corrected chi connectivity index (χ4v) is 6.31. The van der Waals surface area contributed by atoms with Crippen molar-refractivity contribution in [1.82, 2.24) is 9.88 Å². The fourth-order valence-electron chi connectivity index (χ4n) is 6.14. The van der Waals surface area contributed by atoms with E-state index >= 15 is 0 Å². The lowest BCUT2D eigenvalue weighted by Crippen LogP contribution is -2.53. The molecule has 162 valence electrons. The molecule has 0 bridgehead atoms. The molecule has 32 heavy (non-hydrogen) atoms. The molecule has 2 atom stereocenters. The molecule has 1 fully saturated rings. The van der Waals surface area contributed by atoms with E-state index in [0.717, 1.165) is 43.9 Å². The van der Waals surface area contributed by atoms with Crippen LogP contribution in [-0.4, -0.2) is 28.1 Å². The van der Waals surface area contributed by atoms with Gasteiger partial charge in [-0.3, -0.25) is 4.90 Å². The van der Waals surface area contributed by atoms with Gasteiger partial charge in [-0.2, -0.15) is 0 Å². The molecule has 0 saturated carbocycles. The number of aromatic nitrogens is 1. The van der Waals surface area contributed by atoms with E-state index in [2.05, 4.69) is 58.4 Å². The van der Waals surface area contributed by atoms with Crippen molar-refractivity contribution in [2.24, 2.45) is 5.92 Å². The van der Waals surface area contributed by atoms with Crippen molar-refractivity contribution in [1.29, 1.82) is 0 Å². The molecule has 0 spiro atoms. The van der Waals surface area contributed by atoms with Crippen molar-refractivity contribution in [3.63, 3.8) is 0 Å². The number of nitrogens with one attached hydrogen (secondary N) is 1. The first-order chi connectivity index (χ1) is 15.6. The summed E-state index contributed by atoms with van der Waals surface area (Å²) in [7, 11) is 0. The number of piperidine rings is 1. The van der Waals surface area contributed by atoms with Crippen LogP contribution in [0, 0.1) is 5.92 Å². The van der Waals surface area contributed by atoms with Crippen molar-refractivity contribution in [3.8, 4) is 5.75 Å².